The number of rotatable bonds is 3. The fourth-order valence-corrected chi connectivity index (χ4v) is 3.33. The SMILES string of the molecule is CC(=O)N1c2ccccc2C[C@H]1C(=O)Nc1nnc(C2CC2)n1C. The highest BCUT2D eigenvalue weighted by molar-refractivity contribution is 6.06. The zero-order valence-electron chi connectivity index (χ0n) is 13.7. The maximum atomic E-state index is 12.8. The molecule has 0 radical (unpaired) electrons. The highest BCUT2D eigenvalue weighted by Crippen LogP contribution is 2.39. The lowest BCUT2D eigenvalue weighted by atomic mass is 10.1. The number of hydrogen-bond acceptors (Lipinski definition) is 4. The molecule has 2 heterocycles. The van der Waals surface area contributed by atoms with Crippen molar-refractivity contribution in [1.82, 2.24) is 14.8 Å². The van der Waals surface area contributed by atoms with E-state index in [1.807, 2.05) is 35.9 Å². The molecule has 1 fully saturated rings. The molecule has 1 atom stereocenters. The largest absolute Gasteiger partial charge is 0.300 e. The van der Waals surface area contributed by atoms with Crippen LogP contribution in [0.25, 0.3) is 0 Å². The van der Waals surface area contributed by atoms with Crippen molar-refractivity contribution in [2.75, 3.05) is 10.2 Å². The van der Waals surface area contributed by atoms with Gasteiger partial charge in [-0.3, -0.25) is 19.8 Å². The number of nitrogens with zero attached hydrogens (tertiary/aromatic N) is 4. The van der Waals surface area contributed by atoms with Crippen LogP contribution >= 0.6 is 0 Å². The fraction of sp³-hybridized carbons (Fsp3) is 0.412. The summed E-state index contributed by atoms with van der Waals surface area (Å²) >= 11 is 0. The van der Waals surface area contributed by atoms with E-state index in [1.54, 1.807) is 4.90 Å². The first-order valence-electron chi connectivity index (χ1n) is 8.14. The predicted molar refractivity (Wildman–Crippen MR) is 88.7 cm³/mol. The summed E-state index contributed by atoms with van der Waals surface area (Å²) in [6, 6.07) is 7.06. The number of fused-ring (bicyclic) bond motifs is 1. The van der Waals surface area contributed by atoms with E-state index in [0.29, 0.717) is 18.3 Å². The highest BCUT2D eigenvalue weighted by Gasteiger charge is 2.37. The van der Waals surface area contributed by atoms with E-state index in [4.69, 9.17) is 0 Å². The number of benzene rings is 1. The topological polar surface area (TPSA) is 80.1 Å². The third-order valence-corrected chi connectivity index (χ3v) is 4.70. The molecule has 0 unspecified atom stereocenters. The van der Waals surface area contributed by atoms with Crippen molar-refractivity contribution in [2.24, 2.45) is 7.05 Å². The summed E-state index contributed by atoms with van der Waals surface area (Å²) in [4.78, 5) is 26.4. The van der Waals surface area contributed by atoms with Gasteiger partial charge in [0.05, 0.1) is 0 Å². The van der Waals surface area contributed by atoms with Crippen LogP contribution in [0.3, 0.4) is 0 Å². The zero-order valence-corrected chi connectivity index (χ0v) is 13.7. The van der Waals surface area contributed by atoms with Crippen molar-refractivity contribution < 1.29 is 9.59 Å². The van der Waals surface area contributed by atoms with Crippen LogP contribution in [0, 0.1) is 0 Å². The Morgan fingerprint density at radius 1 is 1.21 bits per heavy atom. The quantitative estimate of drug-likeness (QED) is 0.930. The second-order valence-electron chi connectivity index (χ2n) is 6.44. The lowest BCUT2D eigenvalue weighted by Gasteiger charge is -2.23. The number of carbonyl (C=O) groups excluding carboxylic acids is 2. The summed E-state index contributed by atoms with van der Waals surface area (Å²) in [5.74, 6) is 1.42. The first-order valence-corrected chi connectivity index (χ1v) is 8.14. The Balaban J connectivity index is 1.57. The Bertz CT molecular complexity index is 824. The predicted octanol–water partition coefficient (Wildman–Crippen LogP) is 1.61. The summed E-state index contributed by atoms with van der Waals surface area (Å²) in [7, 11) is 1.86. The van der Waals surface area contributed by atoms with Gasteiger partial charge < -0.3 is 4.57 Å². The smallest absolute Gasteiger partial charge is 0.250 e. The molecule has 4 rings (SSSR count). The highest BCUT2D eigenvalue weighted by atomic mass is 16.2. The molecule has 1 N–H and O–H groups in total. The average Bonchev–Trinajstić information content (AvgIpc) is 3.22. The van der Waals surface area contributed by atoms with E-state index in [0.717, 1.165) is 29.9 Å². The van der Waals surface area contributed by atoms with E-state index in [-0.39, 0.29) is 11.8 Å². The molecule has 7 nitrogen and oxygen atoms in total. The molecule has 2 amide bonds. The van der Waals surface area contributed by atoms with Crippen LogP contribution in [0.2, 0.25) is 0 Å². The Morgan fingerprint density at radius 3 is 2.67 bits per heavy atom. The molecule has 1 saturated carbocycles. The first kappa shape index (κ1) is 14.9. The summed E-state index contributed by atoms with van der Waals surface area (Å²) in [5.41, 5.74) is 1.81. The van der Waals surface area contributed by atoms with Crippen LogP contribution in [0.1, 0.15) is 37.1 Å². The average molecular weight is 325 g/mol. The number of hydrogen-bond donors (Lipinski definition) is 1. The van der Waals surface area contributed by atoms with Crippen LogP contribution in [0.4, 0.5) is 11.6 Å². The van der Waals surface area contributed by atoms with Crippen molar-refractivity contribution in [3.63, 3.8) is 0 Å². The summed E-state index contributed by atoms with van der Waals surface area (Å²) in [5, 5.41) is 11.1. The van der Waals surface area contributed by atoms with E-state index in [9.17, 15) is 9.59 Å². The Labute approximate surface area is 139 Å². The van der Waals surface area contributed by atoms with Crippen LogP contribution in [0.15, 0.2) is 24.3 Å². The van der Waals surface area contributed by atoms with Crippen molar-refractivity contribution >= 4 is 23.5 Å². The van der Waals surface area contributed by atoms with Crippen molar-refractivity contribution in [1.29, 1.82) is 0 Å². The van der Waals surface area contributed by atoms with Gasteiger partial charge in [-0.25, -0.2) is 0 Å². The molecule has 0 saturated heterocycles. The lowest BCUT2D eigenvalue weighted by Crippen LogP contribution is -2.44. The van der Waals surface area contributed by atoms with Gasteiger partial charge >= 0.3 is 0 Å². The lowest BCUT2D eigenvalue weighted by molar-refractivity contribution is -0.122. The second kappa shape index (κ2) is 5.43. The Kier molecular flexibility index (Phi) is 3.37. The number of para-hydroxylation sites is 1. The van der Waals surface area contributed by atoms with E-state index in [1.165, 1.54) is 6.92 Å². The fourth-order valence-electron chi connectivity index (χ4n) is 3.33. The molecule has 24 heavy (non-hydrogen) atoms. The van der Waals surface area contributed by atoms with Gasteiger partial charge in [0.25, 0.3) is 0 Å². The van der Waals surface area contributed by atoms with Gasteiger partial charge in [-0.15, -0.1) is 10.2 Å². The molecule has 0 spiro atoms. The maximum Gasteiger partial charge on any atom is 0.250 e. The van der Waals surface area contributed by atoms with Gasteiger partial charge in [0, 0.05) is 32.0 Å². The van der Waals surface area contributed by atoms with Gasteiger partial charge in [-0.1, -0.05) is 18.2 Å². The number of amides is 2. The Hall–Kier alpha value is -2.70. The third kappa shape index (κ3) is 2.36. The van der Waals surface area contributed by atoms with Crippen LogP contribution < -0.4 is 10.2 Å². The molecular weight excluding hydrogens is 306 g/mol. The summed E-state index contributed by atoms with van der Waals surface area (Å²) in [6.45, 7) is 1.48. The molecule has 124 valence electrons. The van der Waals surface area contributed by atoms with Crippen LogP contribution in [-0.2, 0) is 23.1 Å². The van der Waals surface area contributed by atoms with Crippen LogP contribution in [0.5, 0.6) is 0 Å². The molecular formula is C17H19N5O2. The molecule has 2 aromatic rings. The van der Waals surface area contributed by atoms with Gasteiger partial charge in [-0.05, 0) is 24.5 Å². The van der Waals surface area contributed by atoms with Gasteiger partial charge in [0.15, 0.2) is 0 Å². The molecule has 1 aliphatic heterocycles. The molecule has 7 heteroatoms. The molecule has 1 aliphatic carbocycles. The number of anilines is 2. The first-order chi connectivity index (χ1) is 11.6. The van der Waals surface area contributed by atoms with Crippen molar-refractivity contribution in [2.45, 2.75) is 38.1 Å². The number of nitrogens with one attached hydrogen (secondary N) is 1. The normalized spacial score (nSPS) is 19.2. The monoisotopic (exact) mass is 325 g/mol. The minimum atomic E-state index is -0.555. The maximum absolute atomic E-state index is 12.8. The third-order valence-electron chi connectivity index (χ3n) is 4.70. The van der Waals surface area contributed by atoms with E-state index in [2.05, 4.69) is 15.5 Å². The zero-order chi connectivity index (χ0) is 16.8. The minimum Gasteiger partial charge on any atom is -0.300 e. The van der Waals surface area contributed by atoms with Gasteiger partial charge in [-0.2, -0.15) is 0 Å². The second-order valence-corrected chi connectivity index (χ2v) is 6.44. The molecule has 2 aliphatic rings. The summed E-state index contributed by atoms with van der Waals surface area (Å²) < 4.78 is 1.83. The van der Waals surface area contributed by atoms with Crippen molar-refractivity contribution in [3.8, 4) is 0 Å². The Morgan fingerprint density at radius 2 is 1.96 bits per heavy atom. The number of aromatic nitrogens is 3. The minimum absolute atomic E-state index is 0.142. The van der Waals surface area contributed by atoms with Gasteiger partial charge in [0.1, 0.15) is 11.9 Å². The van der Waals surface area contributed by atoms with Crippen molar-refractivity contribution in [3.05, 3.63) is 35.7 Å². The molecule has 1 aromatic carbocycles. The van der Waals surface area contributed by atoms with Gasteiger partial charge in [0.2, 0.25) is 17.8 Å². The molecule has 0 bridgehead atoms. The van der Waals surface area contributed by atoms with E-state index >= 15 is 0 Å². The molecule has 1 aromatic heterocycles. The van der Waals surface area contributed by atoms with E-state index < -0.39 is 6.04 Å². The number of carbonyl (C=O) groups is 2. The summed E-state index contributed by atoms with van der Waals surface area (Å²) in [6.07, 6.45) is 2.75. The van der Waals surface area contributed by atoms with Crippen LogP contribution in [-0.4, -0.2) is 32.6 Å². The standard InChI is InChI=1S/C17H19N5O2/c1-10(23)22-13-6-4-3-5-12(13)9-14(22)16(24)18-17-20-19-15(21(17)2)11-7-8-11/h3-6,11,14H,7-9H2,1-2H3,(H,18,20,24)/t14-/m0/s1.